The summed E-state index contributed by atoms with van der Waals surface area (Å²) >= 11 is 0. The Balaban J connectivity index is 2.17. The van der Waals surface area contributed by atoms with Crippen molar-refractivity contribution in [2.24, 2.45) is 5.92 Å². The van der Waals surface area contributed by atoms with E-state index in [1.165, 1.54) is 32.7 Å². The normalized spacial score (nSPS) is 24.4. The molecule has 94 valence electrons. The third-order valence-electron chi connectivity index (χ3n) is 3.45. The number of aromatic amines is 1. The number of hydrogen-bond donors (Lipinski definition) is 2. The summed E-state index contributed by atoms with van der Waals surface area (Å²) in [5.74, 6) is 1.43. The molecule has 1 aliphatic rings. The van der Waals surface area contributed by atoms with Crippen LogP contribution >= 0.6 is 0 Å². The van der Waals surface area contributed by atoms with Crippen LogP contribution in [-0.4, -0.2) is 23.1 Å². The van der Waals surface area contributed by atoms with Gasteiger partial charge in [-0.05, 0) is 18.8 Å². The molecule has 17 heavy (non-hydrogen) atoms. The van der Waals surface area contributed by atoms with E-state index in [4.69, 9.17) is 4.74 Å². The van der Waals surface area contributed by atoms with Crippen LogP contribution in [0.1, 0.15) is 32.6 Å². The molecule has 0 bridgehead atoms. The second kappa shape index (κ2) is 5.21. The second-order valence-electron chi connectivity index (χ2n) is 4.63. The fourth-order valence-corrected chi connectivity index (χ4v) is 2.39. The lowest BCUT2D eigenvalue weighted by Crippen LogP contribution is -2.31. The molecule has 0 aromatic carbocycles. The molecule has 1 saturated carbocycles. The van der Waals surface area contributed by atoms with Gasteiger partial charge in [0.25, 0.3) is 5.56 Å². The first-order chi connectivity index (χ1) is 8.22. The second-order valence-corrected chi connectivity index (χ2v) is 4.63. The molecule has 1 aromatic rings. The van der Waals surface area contributed by atoms with Gasteiger partial charge in [0.1, 0.15) is 0 Å². The molecular formula is C12H19N3O2. The summed E-state index contributed by atoms with van der Waals surface area (Å²) < 4.78 is 5.08. The minimum atomic E-state index is -0.242. The van der Waals surface area contributed by atoms with Crippen LogP contribution in [0.5, 0.6) is 5.75 Å². The number of methoxy groups -OCH3 is 1. The van der Waals surface area contributed by atoms with Crippen molar-refractivity contribution in [1.82, 2.24) is 9.97 Å². The largest absolute Gasteiger partial charge is 0.489 e. The molecule has 5 nitrogen and oxygen atoms in total. The molecule has 0 spiro atoms. The summed E-state index contributed by atoms with van der Waals surface area (Å²) in [6.07, 6.45) is 6.27. The average molecular weight is 237 g/mol. The highest BCUT2D eigenvalue weighted by molar-refractivity contribution is 5.48. The van der Waals surface area contributed by atoms with E-state index < -0.39 is 0 Å². The first-order valence-electron chi connectivity index (χ1n) is 6.10. The van der Waals surface area contributed by atoms with Gasteiger partial charge in [-0.1, -0.05) is 19.8 Å². The number of rotatable bonds is 3. The number of anilines is 1. The topological polar surface area (TPSA) is 67.0 Å². The molecule has 2 unspecified atom stereocenters. The SMILES string of the molecule is COc1c(NC2CCCCC2C)nc[nH]c1=O. The van der Waals surface area contributed by atoms with Crippen LogP contribution in [0.25, 0.3) is 0 Å². The van der Waals surface area contributed by atoms with E-state index in [0.717, 1.165) is 6.42 Å². The molecule has 2 N–H and O–H groups in total. The molecule has 0 saturated heterocycles. The van der Waals surface area contributed by atoms with Crippen LogP contribution in [-0.2, 0) is 0 Å². The summed E-state index contributed by atoms with van der Waals surface area (Å²) in [6, 6.07) is 0.381. The van der Waals surface area contributed by atoms with Crippen molar-refractivity contribution in [3.63, 3.8) is 0 Å². The van der Waals surface area contributed by atoms with Gasteiger partial charge >= 0.3 is 0 Å². The van der Waals surface area contributed by atoms with E-state index in [0.29, 0.717) is 17.8 Å². The Hall–Kier alpha value is -1.52. The van der Waals surface area contributed by atoms with Crippen molar-refractivity contribution >= 4 is 5.82 Å². The number of nitrogens with zero attached hydrogens (tertiary/aromatic N) is 1. The van der Waals surface area contributed by atoms with Crippen LogP contribution in [0.4, 0.5) is 5.82 Å². The lowest BCUT2D eigenvalue weighted by molar-refractivity contribution is 0.346. The van der Waals surface area contributed by atoms with Crippen molar-refractivity contribution in [3.05, 3.63) is 16.7 Å². The Labute approximate surface area is 101 Å². The zero-order valence-electron chi connectivity index (χ0n) is 10.3. The molecule has 1 aromatic heterocycles. The van der Waals surface area contributed by atoms with Gasteiger partial charge in [-0.15, -0.1) is 0 Å². The number of ether oxygens (including phenoxy) is 1. The minimum absolute atomic E-state index is 0.242. The predicted molar refractivity (Wildman–Crippen MR) is 66.5 cm³/mol. The monoisotopic (exact) mass is 237 g/mol. The molecule has 1 heterocycles. The average Bonchev–Trinajstić information content (AvgIpc) is 2.32. The van der Waals surface area contributed by atoms with E-state index in [1.54, 1.807) is 0 Å². The summed E-state index contributed by atoms with van der Waals surface area (Å²) in [4.78, 5) is 18.2. The first-order valence-corrected chi connectivity index (χ1v) is 6.10. The van der Waals surface area contributed by atoms with E-state index in [-0.39, 0.29) is 11.3 Å². The van der Waals surface area contributed by atoms with Crippen LogP contribution in [0.2, 0.25) is 0 Å². The van der Waals surface area contributed by atoms with Crippen molar-refractivity contribution in [3.8, 4) is 5.75 Å². The third-order valence-corrected chi connectivity index (χ3v) is 3.45. The van der Waals surface area contributed by atoms with Crippen LogP contribution in [0, 0.1) is 5.92 Å². The zero-order chi connectivity index (χ0) is 12.3. The van der Waals surface area contributed by atoms with Crippen molar-refractivity contribution < 1.29 is 4.74 Å². The Morgan fingerprint density at radius 3 is 2.94 bits per heavy atom. The molecule has 5 heteroatoms. The van der Waals surface area contributed by atoms with E-state index >= 15 is 0 Å². The summed E-state index contributed by atoms with van der Waals surface area (Å²) in [5, 5.41) is 3.33. The van der Waals surface area contributed by atoms with Gasteiger partial charge in [0, 0.05) is 6.04 Å². The molecule has 0 radical (unpaired) electrons. The summed E-state index contributed by atoms with van der Waals surface area (Å²) in [7, 11) is 1.49. The number of H-pyrrole nitrogens is 1. The summed E-state index contributed by atoms with van der Waals surface area (Å²) in [5.41, 5.74) is -0.242. The molecular weight excluding hydrogens is 218 g/mol. The molecule has 1 fully saturated rings. The van der Waals surface area contributed by atoms with Gasteiger partial charge in [0.05, 0.1) is 13.4 Å². The van der Waals surface area contributed by atoms with Crippen LogP contribution in [0.15, 0.2) is 11.1 Å². The molecule has 2 atom stereocenters. The fourth-order valence-electron chi connectivity index (χ4n) is 2.39. The smallest absolute Gasteiger partial charge is 0.295 e. The van der Waals surface area contributed by atoms with Gasteiger partial charge in [-0.2, -0.15) is 0 Å². The fraction of sp³-hybridized carbons (Fsp3) is 0.667. The lowest BCUT2D eigenvalue weighted by atomic mass is 9.86. The minimum Gasteiger partial charge on any atom is -0.489 e. The maximum Gasteiger partial charge on any atom is 0.295 e. The zero-order valence-corrected chi connectivity index (χ0v) is 10.3. The van der Waals surface area contributed by atoms with E-state index in [9.17, 15) is 4.79 Å². The first kappa shape index (κ1) is 12.0. The van der Waals surface area contributed by atoms with Crippen molar-refractivity contribution in [2.45, 2.75) is 38.6 Å². The van der Waals surface area contributed by atoms with Crippen LogP contribution in [0.3, 0.4) is 0 Å². The predicted octanol–water partition coefficient (Wildman–Crippen LogP) is 1.77. The van der Waals surface area contributed by atoms with Gasteiger partial charge in [0.2, 0.25) is 5.75 Å². The maximum atomic E-state index is 11.5. The highest BCUT2D eigenvalue weighted by Gasteiger charge is 2.23. The third kappa shape index (κ3) is 2.60. The Bertz CT molecular complexity index is 430. The molecule has 1 aliphatic carbocycles. The van der Waals surface area contributed by atoms with Crippen LogP contribution < -0.4 is 15.6 Å². The number of nitrogens with one attached hydrogen (secondary N) is 2. The molecule has 0 amide bonds. The molecule has 0 aliphatic heterocycles. The standard InChI is InChI=1S/C12H19N3O2/c1-8-5-3-4-6-9(8)15-11-10(17-2)12(16)14-7-13-11/h7-9H,3-6H2,1-2H3,(H2,13,14,15,16). The Morgan fingerprint density at radius 2 is 2.24 bits per heavy atom. The van der Waals surface area contributed by atoms with Crippen molar-refractivity contribution in [2.75, 3.05) is 12.4 Å². The van der Waals surface area contributed by atoms with Gasteiger partial charge in [-0.25, -0.2) is 4.98 Å². The van der Waals surface area contributed by atoms with E-state index in [2.05, 4.69) is 22.2 Å². The van der Waals surface area contributed by atoms with Crippen molar-refractivity contribution in [1.29, 1.82) is 0 Å². The maximum absolute atomic E-state index is 11.5. The molecule has 2 rings (SSSR count). The lowest BCUT2D eigenvalue weighted by Gasteiger charge is -2.30. The Kier molecular flexibility index (Phi) is 3.66. The van der Waals surface area contributed by atoms with Gasteiger partial charge < -0.3 is 15.0 Å². The Morgan fingerprint density at radius 1 is 1.47 bits per heavy atom. The number of aromatic nitrogens is 2. The van der Waals surface area contributed by atoms with Gasteiger partial charge in [0.15, 0.2) is 5.82 Å². The quantitative estimate of drug-likeness (QED) is 0.840. The highest BCUT2D eigenvalue weighted by atomic mass is 16.5. The highest BCUT2D eigenvalue weighted by Crippen LogP contribution is 2.27. The number of hydrogen-bond acceptors (Lipinski definition) is 4. The van der Waals surface area contributed by atoms with Gasteiger partial charge in [-0.3, -0.25) is 4.79 Å². The summed E-state index contributed by atoms with van der Waals surface area (Å²) in [6.45, 7) is 2.23. The van der Waals surface area contributed by atoms with E-state index in [1.807, 2.05) is 0 Å².